The van der Waals surface area contributed by atoms with E-state index in [1.165, 1.54) is 0 Å². The predicted octanol–water partition coefficient (Wildman–Crippen LogP) is 1.93. The van der Waals surface area contributed by atoms with Gasteiger partial charge >= 0.3 is 0 Å². The Hall–Kier alpha value is -1.35. The molecular formula is C12H18N2O. The van der Waals surface area contributed by atoms with E-state index in [0.29, 0.717) is 0 Å². The molecule has 1 atom stereocenters. The molecule has 0 spiro atoms. The lowest BCUT2D eigenvalue weighted by Crippen LogP contribution is -2.37. The highest BCUT2D eigenvalue weighted by atomic mass is 16.2. The zero-order valence-electron chi connectivity index (χ0n) is 9.50. The molecule has 2 N–H and O–H groups in total. The first-order valence-corrected chi connectivity index (χ1v) is 5.25. The summed E-state index contributed by atoms with van der Waals surface area (Å²) >= 11 is 0. The van der Waals surface area contributed by atoms with Crippen molar-refractivity contribution in [3.8, 4) is 0 Å². The van der Waals surface area contributed by atoms with Crippen LogP contribution in [0.3, 0.4) is 0 Å². The zero-order valence-corrected chi connectivity index (χ0v) is 9.50. The third-order valence-electron chi connectivity index (χ3n) is 2.31. The second-order valence-electron chi connectivity index (χ2n) is 3.58. The van der Waals surface area contributed by atoms with Crippen LogP contribution < -0.4 is 10.6 Å². The van der Waals surface area contributed by atoms with E-state index in [1.54, 1.807) is 0 Å². The second kappa shape index (κ2) is 5.51. The van der Waals surface area contributed by atoms with Crippen molar-refractivity contribution in [2.45, 2.75) is 26.8 Å². The van der Waals surface area contributed by atoms with Crippen LogP contribution >= 0.6 is 0 Å². The van der Waals surface area contributed by atoms with Gasteiger partial charge in [-0.1, -0.05) is 25.1 Å². The highest BCUT2D eigenvalue weighted by Crippen LogP contribution is 2.13. The lowest BCUT2D eigenvalue weighted by molar-refractivity contribution is -0.117. The number of para-hydroxylation sites is 1. The quantitative estimate of drug-likeness (QED) is 0.790. The van der Waals surface area contributed by atoms with Gasteiger partial charge in [-0.05, 0) is 32.0 Å². The molecule has 0 radical (unpaired) electrons. The number of rotatable bonds is 4. The normalized spacial score (nSPS) is 12.2. The summed E-state index contributed by atoms with van der Waals surface area (Å²) in [6, 6.07) is 7.60. The maximum Gasteiger partial charge on any atom is 0.241 e. The Labute approximate surface area is 90.9 Å². The maximum absolute atomic E-state index is 11.7. The number of carbonyl (C=O) groups is 1. The van der Waals surface area contributed by atoms with Crippen LogP contribution in [0, 0.1) is 6.92 Å². The van der Waals surface area contributed by atoms with E-state index in [1.807, 2.05) is 45.0 Å². The topological polar surface area (TPSA) is 41.1 Å². The summed E-state index contributed by atoms with van der Waals surface area (Å²) in [6.45, 7) is 6.62. The Morgan fingerprint density at radius 1 is 1.40 bits per heavy atom. The number of benzene rings is 1. The van der Waals surface area contributed by atoms with E-state index in [4.69, 9.17) is 0 Å². The zero-order chi connectivity index (χ0) is 11.3. The van der Waals surface area contributed by atoms with Gasteiger partial charge in [0.2, 0.25) is 5.91 Å². The van der Waals surface area contributed by atoms with E-state index >= 15 is 0 Å². The Morgan fingerprint density at radius 2 is 2.07 bits per heavy atom. The number of hydrogen-bond donors (Lipinski definition) is 2. The van der Waals surface area contributed by atoms with Gasteiger partial charge in [0.15, 0.2) is 0 Å². The minimum absolute atomic E-state index is 0.00569. The summed E-state index contributed by atoms with van der Waals surface area (Å²) in [5.41, 5.74) is 1.96. The molecule has 15 heavy (non-hydrogen) atoms. The third-order valence-corrected chi connectivity index (χ3v) is 2.31. The van der Waals surface area contributed by atoms with Gasteiger partial charge in [0.25, 0.3) is 0 Å². The van der Waals surface area contributed by atoms with Crippen molar-refractivity contribution in [3.05, 3.63) is 29.8 Å². The first kappa shape index (κ1) is 11.7. The van der Waals surface area contributed by atoms with Gasteiger partial charge in [-0.3, -0.25) is 4.79 Å². The summed E-state index contributed by atoms with van der Waals surface area (Å²) < 4.78 is 0. The average Bonchev–Trinajstić information content (AvgIpc) is 2.21. The van der Waals surface area contributed by atoms with Crippen molar-refractivity contribution in [1.29, 1.82) is 0 Å². The third kappa shape index (κ3) is 3.36. The van der Waals surface area contributed by atoms with Gasteiger partial charge in [-0.15, -0.1) is 0 Å². The van der Waals surface area contributed by atoms with E-state index in [0.717, 1.165) is 17.8 Å². The van der Waals surface area contributed by atoms with Crippen LogP contribution in [-0.4, -0.2) is 18.5 Å². The molecule has 0 bridgehead atoms. The lowest BCUT2D eigenvalue weighted by atomic mass is 10.2. The summed E-state index contributed by atoms with van der Waals surface area (Å²) in [5.74, 6) is 0.00569. The molecule has 0 aliphatic heterocycles. The molecule has 0 aliphatic rings. The van der Waals surface area contributed by atoms with E-state index in [-0.39, 0.29) is 11.9 Å². The molecular weight excluding hydrogens is 188 g/mol. The molecule has 3 heteroatoms. The molecule has 0 fully saturated rings. The molecule has 0 saturated carbocycles. The largest absolute Gasteiger partial charge is 0.324 e. The van der Waals surface area contributed by atoms with Crippen LogP contribution in [0.5, 0.6) is 0 Å². The molecule has 0 aliphatic carbocycles. The highest BCUT2D eigenvalue weighted by molar-refractivity contribution is 5.95. The monoisotopic (exact) mass is 206 g/mol. The predicted molar refractivity (Wildman–Crippen MR) is 62.9 cm³/mol. The Balaban J connectivity index is 2.62. The maximum atomic E-state index is 11.7. The SMILES string of the molecule is CCN[C@H](C)C(=O)Nc1ccccc1C. The summed E-state index contributed by atoms with van der Waals surface area (Å²) in [6.07, 6.45) is 0. The average molecular weight is 206 g/mol. The Kier molecular flexibility index (Phi) is 4.31. The molecule has 1 amide bonds. The van der Waals surface area contributed by atoms with E-state index in [9.17, 15) is 4.79 Å². The van der Waals surface area contributed by atoms with Crippen LogP contribution in [0.2, 0.25) is 0 Å². The number of likely N-dealkylation sites (N-methyl/N-ethyl adjacent to an activating group) is 1. The fourth-order valence-electron chi connectivity index (χ4n) is 1.35. The Morgan fingerprint density at radius 3 is 2.67 bits per heavy atom. The van der Waals surface area contributed by atoms with E-state index in [2.05, 4.69) is 10.6 Å². The summed E-state index contributed by atoms with van der Waals surface area (Å²) in [5, 5.41) is 5.97. The first-order valence-electron chi connectivity index (χ1n) is 5.25. The van der Waals surface area contributed by atoms with Crippen LogP contribution in [0.4, 0.5) is 5.69 Å². The van der Waals surface area contributed by atoms with Crippen LogP contribution in [-0.2, 0) is 4.79 Å². The fraction of sp³-hybridized carbons (Fsp3) is 0.417. The van der Waals surface area contributed by atoms with Gasteiger partial charge in [0.05, 0.1) is 6.04 Å². The van der Waals surface area contributed by atoms with E-state index < -0.39 is 0 Å². The van der Waals surface area contributed by atoms with Gasteiger partial charge in [-0.2, -0.15) is 0 Å². The van der Waals surface area contributed by atoms with Crippen LogP contribution in [0.1, 0.15) is 19.4 Å². The molecule has 1 aromatic carbocycles. The fourth-order valence-corrected chi connectivity index (χ4v) is 1.35. The van der Waals surface area contributed by atoms with Gasteiger partial charge in [-0.25, -0.2) is 0 Å². The van der Waals surface area contributed by atoms with Crippen LogP contribution in [0.15, 0.2) is 24.3 Å². The molecule has 0 saturated heterocycles. The summed E-state index contributed by atoms with van der Waals surface area (Å²) in [7, 11) is 0. The standard InChI is InChI=1S/C12H18N2O/c1-4-13-10(3)12(15)14-11-8-6-5-7-9(11)2/h5-8,10,13H,4H2,1-3H3,(H,14,15)/t10-/m1/s1. The number of carbonyl (C=O) groups excluding carboxylic acids is 1. The number of amides is 1. The number of nitrogens with one attached hydrogen (secondary N) is 2. The number of anilines is 1. The van der Waals surface area contributed by atoms with Crippen molar-refractivity contribution >= 4 is 11.6 Å². The number of hydrogen-bond acceptors (Lipinski definition) is 2. The molecule has 82 valence electrons. The molecule has 0 heterocycles. The molecule has 0 unspecified atom stereocenters. The molecule has 1 rings (SSSR count). The van der Waals surface area contributed by atoms with Gasteiger partial charge < -0.3 is 10.6 Å². The first-order chi connectivity index (χ1) is 7.15. The molecule has 3 nitrogen and oxygen atoms in total. The van der Waals surface area contributed by atoms with Crippen molar-refractivity contribution in [2.75, 3.05) is 11.9 Å². The van der Waals surface area contributed by atoms with Gasteiger partial charge in [0, 0.05) is 5.69 Å². The summed E-state index contributed by atoms with van der Waals surface area (Å²) in [4.78, 5) is 11.7. The van der Waals surface area contributed by atoms with Crippen LogP contribution in [0.25, 0.3) is 0 Å². The highest BCUT2D eigenvalue weighted by Gasteiger charge is 2.11. The minimum Gasteiger partial charge on any atom is -0.324 e. The minimum atomic E-state index is -0.158. The molecule has 1 aromatic rings. The Bertz CT molecular complexity index is 336. The number of aryl methyl sites for hydroxylation is 1. The van der Waals surface area contributed by atoms with Crippen molar-refractivity contribution in [2.24, 2.45) is 0 Å². The lowest BCUT2D eigenvalue weighted by Gasteiger charge is -2.13. The van der Waals surface area contributed by atoms with Crippen molar-refractivity contribution in [3.63, 3.8) is 0 Å². The smallest absolute Gasteiger partial charge is 0.241 e. The van der Waals surface area contributed by atoms with Gasteiger partial charge in [0.1, 0.15) is 0 Å². The second-order valence-corrected chi connectivity index (χ2v) is 3.58. The molecule has 0 aromatic heterocycles. The van der Waals surface area contributed by atoms with Crippen molar-refractivity contribution < 1.29 is 4.79 Å². The van der Waals surface area contributed by atoms with Crippen molar-refractivity contribution in [1.82, 2.24) is 5.32 Å².